The Labute approximate surface area is 116 Å². The second kappa shape index (κ2) is 5.06. The smallest absolute Gasteiger partial charge is 0.147 e. The summed E-state index contributed by atoms with van der Waals surface area (Å²) in [6.45, 7) is 0.400. The first-order valence-corrected chi connectivity index (χ1v) is 6.31. The van der Waals surface area contributed by atoms with Crippen molar-refractivity contribution < 1.29 is 4.74 Å². The average Bonchev–Trinajstić information content (AvgIpc) is 2.82. The van der Waals surface area contributed by atoms with Crippen molar-refractivity contribution in [3.63, 3.8) is 0 Å². The highest BCUT2D eigenvalue weighted by Gasteiger charge is 2.08. The minimum absolute atomic E-state index is 0.400. The van der Waals surface area contributed by atoms with E-state index in [4.69, 9.17) is 10.00 Å². The molecule has 0 aliphatic heterocycles. The number of nitrogens with zero attached hydrogens (tertiary/aromatic N) is 3. The zero-order chi connectivity index (χ0) is 13.9. The molecule has 0 saturated heterocycles. The van der Waals surface area contributed by atoms with E-state index in [1.165, 1.54) is 0 Å². The first-order chi connectivity index (χ1) is 9.78. The molecule has 0 bridgehead atoms. The lowest BCUT2D eigenvalue weighted by Gasteiger charge is -2.05. The largest absolute Gasteiger partial charge is 0.486 e. The molecule has 3 rings (SSSR count). The van der Waals surface area contributed by atoms with Crippen molar-refractivity contribution in [2.45, 2.75) is 6.61 Å². The molecule has 3 aromatic rings. The summed E-state index contributed by atoms with van der Waals surface area (Å²) < 4.78 is 7.70. The van der Waals surface area contributed by atoms with E-state index in [0.29, 0.717) is 12.2 Å². The average molecular weight is 263 g/mol. The molecule has 0 fully saturated rings. The van der Waals surface area contributed by atoms with Crippen LogP contribution in [0.25, 0.3) is 11.0 Å². The highest BCUT2D eigenvalue weighted by atomic mass is 16.5. The van der Waals surface area contributed by atoms with E-state index in [-0.39, 0.29) is 0 Å². The third-order valence-corrected chi connectivity index (χ3v) is 3.21. The predicted molar refractivity (Wildman–Crippen MR) is 76.2 cm³/mol. The van der Waals surface area contributed by atoms with Gasteiger partial charge in [0.15, 0.2) is 0 Å². The normalized spacial score (nSPS) is 10.4. The lowest BCUT2D eigenvalue weighted by Crippen LogP contribution is -2.03. The molecule has 0 spiro atoms. The van der Waals surface area contributed by atoms with E-state index >= 15 is 0 Å². The fourth-order valence-electron chi connectivity index (χ4n) is 2.11. The Morgan fingerprint density at radius 3 is 2.75 bits per heavy atom. The van der Waals surface area contributed by atoms with Gasteiger partial charge in [0.05, 0.1) is 22.7 Å². The summed E-state index contributed by atoms with van der Waals surface area (Å²) in [6, 6.07) is 17.3. The van der Waals surface area contributed by atoms with Crippen molar-refractivity contribution in [3.8, 4) is 11.8 Å². The minimum atomic E-state index is 0.400. The maximum atomic E-state index is 8.92. The van der Waals surface area contributed by atoms with Crippen LogP contribution >= 0.6 is 0 Å². The number of ether oxygens (including phenoxy) is 1. The number of hydrogen-bond acceptors (Lipinski definition) is 3. The van der Waals surface area contributed by atoms with Gasteiger partial charge in [0.25, 0.3) is 0 Å². The second-order valence-electron chi connectivity index (χ2n) is 4.50. The second-order valence-corrected chi connectivity index (χ2v) is 4.50. The first-order valence-electron chi connectivity index (χ1n) is 6.31. The monoisotopic (exact) mass is 263 g/mol. The van der Waals surface area contributed by atoms with Gasteiger partial charge in [-0.2, -0.15) is 5.26 Å². The first kappa shape index (κ1) is 12.2. The van der Waals surface area contributed by atoms with Crippen LogP contribution in [0.2, 0.25) is 0 Å². The van der Waals surface area contributed by atoms with Gasteiger partial charge >= 0.3 is 0 Å². The molecule has 0 unspecified atom stereocenters. The van der Waals surface area contributed by atoms with Gasteiger partial charge in [0.2, 0.25) is 0 Å². The van der Waals surface area contributed by atoms with E-state index in [2.05, 4.69) is 11.1 Å². The Bertz CT molecular complexity index is 785. The Kier molecular flexibility index (Phi) is 3.10. The molecule has 98 valence electrons. The summed E-state index contributed by atoms with van der Waals surface area (Å²) in [7, 11) is 1.95. The van der Waals surface area contributed by atoms with Crippen molar-refractivity contribution in [2.24, 2.45) is 7.05 Å². The molecule has 4 nitrogen and oxygen atoms in total. The Balaban J connectivity index is 1.89. The van der Waals surface area contributed by atoms with Crippen molar-refractivity contribution in [2.75, 3.05) is 0 Å². The molecule has 0 N–H and O–H groups in total. The lowest BCUT2D eigenvalue weighted by molar-refractivity contribution is 0.292. The minimum Gasteiger partial charge on any atom is -0.486 e. The number of benzene rings is 2. The summed E-state index contributed by atoms with van der Waals surface area (Å²) in [5.74, 6) is 1.65. The zero-order valence-electron chi connectivity index (χ0n) is 11.1. The van der Waals surface area contributed by atoms with Crippen LogP contribution < -0.4 is 4.74 Å². The van der Waals surface area contributed by atoms with Crippen LogP contribution in [-0.4, -0.2) is 9.55 Å². The van der Waals surface area contributed by atoms with E-state index in [1.807, 2.05) is 48.0 Å². The van der Waals surface area contributed by atoms with Crippen LogP contribution in [0.3, 0.4) is 0 Å². The van der Waals surface area contributed by atoms with Crippen molar-refractivity contribution in [1.82, 2.24) is 9.55 Å². The van der Waals surface area contributed by atoms with E-state index in [0.717, 1.165) is 22.6 Å². The fourth-order valence-corrected chi connectivity index (χ4v) is 2.11. The number of aryl methyl sites for hydroxylation is 1. The van der Waals surface area contributed by atoms with Gasteiger partial charge in [-0.25, -0.2) is 4.98 Å². The van der Waals surface area contributed by atoms with E-state index in [9.17, 15) is 0 Å². The molecule has 2 aromatic carbocycles. The maximum absolute atomic E-state index is 8.92. The molecule has 20 heavy (non-hydrogen) atoms. The molecule has 0 aliphatic carbocycles. The van der Waals surface area contributed by atoms with E-state index < -0.39 is 0 Å². The number of fused-ring (bicyclic) bond motifs is 1. The fraction of sp³-hybridized carbons (Fsp3) is 0.125. The van der Waals surface area contributed by atoms with Crippen molar-refractivity contribution in [1.29, 1.82) is 5.26 Å². The maximum Gasteiger partial charge on any atom is 0.147 e. The van der Waals surface area contributed by atoms with Gasteiger partial charge in [0, 0.05) is 7.05 Å². The van der Waals surface area contributed by atoms with Gasteiger partial charge in [-0.15, -0.1) is 0 Å². The molecule has 0 saturated carbocycles. The number of aromatic nitrogens is 2. The van der Waals surface area contributed by atoms with Crippen LogP contribution in [0, 0.1) is 11.3 Å². The molecule has 0 atom stereocenters. The summed E-state index contributed by atoms with van der Waals surface area (Å²) in [5, 5.41) is 8.92. The van der Waals surface area contributed by atoms with Gasteiger partial charge in [-0.1, -0.05) is 18.2 Å². The highest BCUT2D eigenvalue weighted by Crippen LogP contribution is 2.18. The van der Waals surface area contributed by atoms with E-state index in [1.54, 1.807) is 12.1 Å². The standard InChI is InChI=1S/C16H13N3O/c1-19-15-8-7-12(10-17)9-14(15)18-16(19)11-20-13-5-3-2-4-6-13/h2-9H,11H2,1H3. The Morgan fingerprint density at radius 1 is 1.20 bits per heavy atom. The number of para-hydroxylation sites is 1. The van der Waals surface area contributed by atoms with Crippen LogP contribution in [0.1, 0.15) is 11.4 Å². The number of nitriles is 1. The number of imidazole rings is 1. The van der Waals surface area contributed by atoms with Gasteiger partial charge < -0.3 is 9.30 Å². The van der Waals surface area contributed by atoms with Crippen molar-refractivity contribution >= 4 is 11.0 Å². The molecule has 1 aromatic heterocycles. The Morgan fingerprint density at radius 2 is 2.00 bits per heavy atom. The van der Waals surface area contributed by atoms with Crippen LogP contribution in [0.4, 0.5) is 0 Å². The molecular formula is C16H13N3O. The lowest BCUT2D eigenvalue weighted by atomic mass is 10.2. The summed E-state index contributed by atoms with van der Waals surface area (Å²) in [6.07, 6.45) is 0. The SMILES string of the molecule is Cn1c(COc2ccccc2)nc2cc(C#N)ccc21. The predicted octanol–water partition coefficient (Wildman–Crippen LogP) is 3.02. The quantitative estimate of drug-likeness (QED) is 0.729. The van der Waals surface area contributed by atoms with Crippen LogP contribution in [0.5, 0.6) is 5.75 Å². The summed E-state index contributed by atoms with van der Waals surface area (Å²) in [4.78, 5) is 4.52. The summed E-state index contributed by atoms with van der Waals surface area (Å²) >= 11 is 0. The third-order valence-electron chi connectivity index (χ3n) is 3.21. The van der Waals surface area contributed by atoms with Gasteiger partial charge in [-0.05, 0) is 30.3 Å². The van der Waals surface area contributed by atoms with Gasteiger partial charge in [0.1, 0.15) is 18.2 Å². The number of hydrogen-bond donors (Lipinski definition) is 0. The zero-order valence-corrected chi connectivity index (χ0v) is 11.1. The molecule has 0 amide bonds. The topological polar surface area (TPSA) is 50.8 Å². The van der Waals surface area contributed by atoms with Gasteiger partial charge in [-0.3, -0.25) is 0 Å². The highest BCUT2D eigenvalue weighted by molar-refractivity contribution is 5.77. The molecule has 0 radical (unpaired) electrons. The molecule has 4 heteroatoms. The van der Waals surface area contributed by atoms with Crippen molar-refractivity contribution in [3.05, 3.63) is 59.9 Å². The molecular weight excluding hydrogens is 250 g/mol. The third kappa shape index (κ3) is 2.21. The van der Waals surface area contributed by atoms with Crippen LogP contribution in [0.15, 0.2) is 48.5 Å². The number of rotatable bonds is 3. The van der Waals surface area contributed by atoms with Crippen LogP contribution in [-0.2, 0) is 13.7 Å². The molecule has 0 aliphatic rings. The molecule has 1 heterocycles. The Hall–Kier alpha value is -2.80. The summed E-state index contributed by atoms with van der Waals surface area (Å²) in [5.41, 5.74) is 2.43.